The van der Waals surface area contributed by atoms with E-state index >= 15 is 0 Å². The second-order valence-electron chi connectivity index (χ2n) is 27.9. The Kier molecular flexibility index (Phi) is 57.3. The van der Waals surface area contributed by atoms with E-state index in [1.54, 1.807) is 0 Å². The summed E-state index contributed by atoms with van der Waals surface area (Å²) in [5.41, 5.74) is 0. The van der Waals surface area contributed by atoms with Crippen molar-refractivity contribution in [3.8, 4) is 0 Å². The molecule has 0 aromatic heterocycles. The predicted octanol–water partition coefficient (Wildman–Crippen LogP) is 16.7. The second-order valence-corrected chi connectivity index (χ2v) is 27.9. The van der Waals surface area contributed by atoms with E-state index in [0.29, 0.717) is 12.8 Å². The van der Waals surface area contributed by atoms with E-state index in [9.17, 15) is 45.6 Å². The van der Waals surface area contributed by atoms with Gasteiger partial charge in [0.25, 0.3) is 0 Å². The second kappa shape index (κ2) is 60.6. The number of aliphatic hydroxyl groups excluding tert-OH is 8. The fourth-order valence-corrected chi connectivity index (χ4v) is 13.4. The third-order valence-electron chi connectivity index (χ3n) is 19.6. The number of hydrogen-bond donors (Lipinski definition) is 9. The largest absolute Gasteiger partial charge is 0.394 e. The van der Waals surface area contributed by atoms with Crippen LogP contribution < -0.4 is 5.32 Å². The van der Waals surface area contributed by atoms with Crippen LogP contribution >= 0.6 is 0 Å². The minimum absolute atomic E-state index is 0.196. The first-order valence-corrected chi connectivity index (χ1v) is 38.8. The zero-order chi connectivity index (χ0) is 64.5. The fraction of sp³-hybridized carbons (Fsp3) is 0.987. The van der Waals surface area contributed by atoms with Crippen molar-refractivity contribution in [2.45, 2.75) is 453 Å². The first kappa shape index (κ1) is 84.1. The van der Waals surface area contributed by atoms with Crippen LogP contribution in [-0.2, 0) is 23.7 Å². The van der Waals surface area contributed by atoms with Crippen LogP contribution in [0, 0.1) is 0 Å². The van der Waals surface area contributed by atoms with Gasteiger partial charge in [-0.1, -0.05) is 361 Å². The van der Waals surface area contributed by atoms with Crippen molar-refractivity contribution in [3.63, 3.8) is 0 Å². The lowest BCUT2D eigenvalue weighted by atomic mass is 9.97. The number of aliphatic hydroxyl groups is 8. The number of unbranched alkanes of at least 4 members (excludes halogenated alkanes) is 53. The summed E-state index contributed by atoms with van der Waals surface area (Å²) in [4.78, 5) is 13.4. The van der Waals surface area contributed by atoms with Crippen LogP contribution in [0.4, 0.5) is 0 Å². The summed E-state index contributed by atoms with van der Waals surface area (Å²) in [5.74, 6) is -0.196. The van der Waals surface area contributed by atoms with Gasteiger partial charge in [-0.05, 0) is 12.8 Å². The Balaban J connectivity index is 1.60. The van der Waals surface area contributed by atoms with Gasteiger partial charge in [0, 0.05) is 6.42 Å². The molecule has 2 aliphatic rings. The van der Waals surface area contributed by atoms with Gasteiger partial charge < -0.3 is 65.1 Å². The highest BCUT2D eigenvalue weighted by Gasteiger charge is 2.51. The molecule has 14 nitrogen and oxygen atoms in total. The number of amides is 1. The SMILES string of the molecule is CCCCCCCCCCCCCCCCCCCCCCCCCCCCCCCCCCCC(=O)NC(COC1OC(CO)C(OC2OC(CO)C(O)C(O)C2O)C(O)C1O)C(O)CCCCCCCCCCCCCCCCCCCCCCCC. The van der Waals surface area contributed by atoms with Gasteiger partial charge >= 0.3 is 0 Å². The van der Waals surface area contributed by atoms with Crippen LogP contribution in [-0.4, -0.2) is 140 Å². The van der Waals surface area contributed by atoms with E-state index in [0.717, 1.165) is 51.4 Å². The van der Waals surface area contributed by atoms with E-state index in [2.05, 4.69) is 19.2 Å². The molecule has 0 bridgehead atoms. The molecule has 0 radical (unpaired) electrons. The molecule has 0 aromatic carbocycles. The fourth-order valence-electron chi connectivity index (χ4n) is 13.4. The molecule has 0 aliphatic carbocycles. The maximum absolute atomic E-state index is 13.4. The molecule has 2 aliphatic heterocycles. The molecule has 0 saturated carbocycles. The summed E-state index contributed by atoms with van der Waals surface area (Å²) in [6.07, 6.45) is 57.1. The Morgan fingerprint density at radius 1 is 0.360 bits per heavy atom. The van der Waals surface area contributed by atoms with E-state index in [4.69, 9.17) is 18.9 Å². The van der Waals surface area contributed by atoms with E-state index in [1.807, 2.05) is 0 Å². The monoisotopic (exact) mass is 1270 g/mol. The minimum atomic E-state index is -1.78. The van der Waals surface area contributed by atoms with Gasteiger partial charge in [0.15, 0.2) is 12.6 Å². The van der Waals surface area contributed by atoms with Crippen LogP contribution in [0.25, 0.3) is 0 Å². The number of rotatable bonds is 66. The van der Waals surface area contributed by atoms with Gasteiger partial charge in [0.2, 0.25) is 5.91 Å². The van der Waals surface area contributed by atoms with Gasteiger partial charge in [-0.3, -0.25) is 4.79 Å². The lowest BCUT2D eigenvalue weighted by Crippen LogP contribution is -2.65. The van der Waals surface area contributed by atoms with E-state index < -0.39 is 86.8 Å². The molecular weight excluding hydrogens is 1120 g/mol. The Morgan fingerprint density at radius 2 is 0.640 bits per heavy atom. The van der Waals surface area contributed by atoms with Crippen molar-refractivity contribution in [2.75, 3.05) is 19.8 Å². The number of nitrogens with one attached hydrogen (secondary N) is 1. The highest BCUT2D eigenvalue weighted by atomic mass is 16.7. The number of hydrogen-bond acceptors (Lipinski definition) is 13. The summed E-state index contributed by atoms with van der Waals surface area (Å²) < 4.78 is 23.0. The molecule has 12 unspecified atom stereocenters. The Labute approximate surface area is 546 Å². The Hall–Kier alpha value is -1.01. The topological polar surface area (TPSA) is 228 Å². The first-order valence-electron chi connectivity index (χ1n) is 38.8. The summed E-state index contributed by atoms with van der Waals surface area (Å²) in [5, 5.41) is 87.7. The summed E-state index contributed by atoms with van der Waals surface area (Å²) >= 11 is 0. The van der Waals surface area contributed by atoms with Crippen molar-refractivity contribution in [1.29, 1.82) is 0 Å². The van der Waals surface area contributed by atoms with Crippen LogP contribution in [0.2, 0.25) is 0 Å². The average molecular weight is 1270 g/mol. The Bertz CT molecular complexity index is 1500. The Morgan fingerprint density at radius 3 is 0.955 bits per heavy atom. The first-order chi connectivity index (χ1) is 43.6. The van der Waals surface area contributed by atoms with Gasteiger partial charge in [-0.25, -0.2) is 0 Å². The number of carbonyl (C=O) groups excluding carboxylic acids is 1. The van der Waals surface area contributed by atoms with Crippen molar-refractivity contribution in [2.24, 2.45) is 0 Å². The zero-order valence-corrected chi connectivity index (χ0v) is 58.0. The van der Waals surface area contributed by atoms with Crippen LogP contribution in [0.1, 0.15) is 380 Å². The van der Waals surface area contributed by atoms with Crippen molar-refractivity contribution >= 4 is 5.91 Å². The molecule has 2 rings (SSSR count). The number of carbonyl (C=O) groups is 1. The lowest BCUT2D eigenvalue weighted by Gasteiger charge is -2.46. The molecule has 89 heavy (non-hydrogen) atoms. The van der Waals surface area contributed by atoms with E-state index in [-0.39, 0.29) is 12.5 Å². The van der Waals surface area contributed by atoms with Gasteiger partial charge in [-0.2, -0.15) is 0 Å². The lowest BCUT2D eigenvalue weighted by molar-refractivity contribution is -0.359. The molecule has 2 fully saturated rings. The molecule has 12 atom stereocenters. The van der Waals surface area contributed by atoms with Gasteiger partial charge in [-0.15, -0.1) is 0 Å². The number of ether oxygens (including phenoxy) is 4. The normalized spacial score (nSPS) is 22.9. The van der Waals surface area contributed by atoms with Gasteiger partial charge in [0.1, 0.15) is 48.8 Å². The smallest absolute Gasteiger partial charge is 0.220 e. The molecular formula is C75H147NO13. The van der Waals surface area contributed by atoms with Crippen LogP contribution in [0.15, 0.2) is 0 Å². The summed E-state index contributed by atoms with van der Waals surface area (Å²) in [6, 6.07) is -0.825. The standard InChI is InChI=1S/C75H147NO13/c1-3-5-7-9-11-13-15-17-19-21-23-25-27-28-29-30-31-32-33-34-35-36-37-39-41-43-45-47-49-51-53-55-57-59-67(80)76-63(62-86-74-72(85)70(83)73(66(61-78)88-74)89-75-71(84)69(82)68(81)65(60-77)87-75)64(79)58-56-54-52-50-48-46-44-42-40-38-26-24-22-20-18-16-14-12-10-8-6-4-2/h63-66,68-75,77-79,81-85H,3-62H2,1-2H3,(H,76,80). The van der Waals surface area contributed by atoms with Gasteiger partial charge in [0.05, 0.1) is 32.0 Å². The van der Waals surface area contributed by atoms with E-state index in [1.165, 1.54) is 302 Å². The summed E-state index contributed by atoms with van der Waals surface area (Å²) in [6.45, 7) is 2.94. The van der Waals surface area contributed by atoms with Crippen molar-refractivity contribution < 1.29 is 64.6 Å². The third kappa shape index (κ3) is 44.4. The molecule has 530 valence electrons. The molecule has 1 amide bonds. The average Bonchev–Trinajstić information content (AvgIpc) is 2.75. The molecule has 0 aromatic rings. The molecule has 2 saturated heterocycles. The molecule has 14 heteroatoms. The molecule has 9 N–H and O–H groups in total. The maximum Gasteiger partial charge on any atom is 0.220 e. The van der Waals surface area contributed by atoms with Crippen LogP contribution in [0.5, 0.6) is 0 Å². The van der Waals surface area contributed by atoms with Crippen molar-refractivity contribution in [1.82, 2.24) is 5.32 Å². The molecule has 0 spiro atoms. The summed E-state index contributed by atoms with van der Waals surface area (Å²) in [7, 11) is 0. The highest BCUT2D eigenvalue weighted by molar-refractivity contribution is 5.76. The third-order valence-corrected chi connectivity index (χ3v) is 19.6. The van der Waals surface area contributed by atoms with Crippen molar-refractivity contribution in [3.05, 3.63) is 0 Å². The quantitative estimate of drug-likeness (QED) is 0.0259. The maximum atomic E-state index is 13.4. The highest BCUT2D eigenvalue weighted by Crippen LogP contribution is 2.30. The predicted molar refractivity (Wildman–Crippen MR) is 365 cm³/mol. The minimum Gasteiger partial charge on any atom is -0.394 e. The zero-order valence-electron chi connectivity index (χ0n) is 58.0. The molecule has 2 heterocycles. The van der Waals surface area contributed by atoms with Crippen LogP contribution in [0.3, 0.4) is 0 Å².